The van der Waals surface area contributed by atoms with E-state index in [4.69, 9.17) is 17.2 Å². The van der Waals surface area contributed by atoms with E-state index >= 15 is 0 Å². The zero-order valence-electron chi connectivity index (χ0n) is 19.4. The molecule has 9 heteroatoms. The van der Waals surface area contributed by atoms with Gasteiger partial charge in [-0.15, -0.1) is 0 Å². The number of benzene rings is 2. The number of rotatable bonds is 5. The van der Waals surface area contributed by atoms with E-state index in [1.54, 1.807) is 30.5 Å². The van der Waals surface area contributed by atoms with Gasteiger partial charge in [-0.25, -0.2) is 9.37 Å². The summed E-state index contributed by atoms with van der Waals surface area (Å²) >= 11 is 7.98. The van der Waals surface area contributed by atoms with Crippen LogP contribution in [-0.2, 0) is 11.3 Å². The monoisotopic (exact) mass is 533 g/mol. The highest BCUT2D eigenvalue weighted by Gasteiger charge is 2.32. The van der Waals surface area contributed by atoms with Crippen molar-refractivity contribution >= 4 is 57.7 Å². The summed E-state index contributed by atoms with van der Waals surface area (Å²) in [5.74, 6) is -0.642. The Morgan fingerprint density at radius 1 is 1.06 bits per heavy atom. The second-order valence-corrected chi connectivity index (χ2v) is 11.1. The normalized spacial score (nSPS) is 14.9. The fourth-order valence-electron chi connectivity index (χ4n) is 3.75. The van der Waals surface area contributed by atoms with Crippen molar-refractivity contribution in [3.8, 4) is 0 Å². The molecule has 36 heavy (non-hydrogen) atoms. The Morgan fingerprint density at radius 2 is 1.78 bits per heavy atom. The number of thioether (sulfide) groups is 1. The van der Waals surface area contributed by atoms with Gasteiger partial charge in [-0.05, 0) is 61.4 Å². The molecule has 1 fully saturated rings. The van der Waals surface area contributed by atoms with Crippen molar-refractivity contribution in [2.75, 3.05) is 0 Å². The fraction of sp³-hybridized carbons (Fsp3) is 0.111. The molecule has 1 amide bonds. The molecule has 2 aromatic carbocycles. The van der Waals surface area contributed by atoms with Crippen LogP contribution in [0.15, 0.2) is 86.5 Å². The van der Waals surface area contributed by atoms with E-state index < -0.39 is 0 Å². The Bertz CT molecular complexity index is 1600. The Balaban J connectivity index is 1.57. The number of carbonyl (C=O) groups excluding carboxylic acids is 1. The van der Waals surface area contributed by atoms with E-state index in [1.165, 1.54) is 33.2 Å². The molecule has 0 unspecified atom stereocenters. The number of fused-ring (bicyclic) bond motifs is 1. The second-order valence-electron chi connectivity index (χ2n) is 8.33. The predicted molar refractivity (Wildman–Crippen MR) is 147 cm³/mol. The van der Waals surface area contributed by atoms with Crippen molar-refractivity contribution < 1.29 is 9.18 Å². The first-order valence-corrected chi connectivity index (χ1v) is 13.1. The highest BCUT2D eigenvalue weighted by molar-refractivity contribution is 8.26. The van der Waals surface area contributed by atoms with Crippen LogP contribution in [-0.4, -0.2) is 24.5 Å². The summed E-state index contributed by atoms with van der Waals surface area (Å²) in [6.45, 7) is 4.14. The van der Waals surface area contributed by atoms with E-state index in [-0.39, 0.29) is 23.8 Å². The van der Waals surface area contributed by atoms with Crippen LogP contribution >= 0.6 is 35.7 Å². The maximum Gasteiger partial charge on any atom is 0.266 e. The predicted octanol–water partition coefficient (Wildman–Crippen LogP) is 6.00. The molecule has 0 N–H and O–H groups in total. The first-order chi connectivity index (χ1) is 17.3. The lowest BCUT2D eigenvalue weighted by Crippen LogP contribution is -2.27. The van der Waals surface area contributed by atoms with Crippen molar-refractivity contribution in [2.24, 2.45) is 0 Å². The van der Waals surface area contributed by atoms with Gasteiger partial charge in [0.25, 0.3) is 11.5 Å². The number of carbonyl (C=O) groups is 1. The Hall–Kier alpha value is -3.27. The summed E-state index contributed by atoms with van der Waals surface area (Å²) < 4.78 is 15.2. The molecule has 0 saturated carbocycles. The molecule has 1 saturated heterocycles. The van der Waals surface area contributed by atoms with Crippen molar-refractivity contribution in [2.45, 2.75) is 30.3 Å². The molecule has 0 atom stereocenters. The standard InChI is InChI=1S/C27H20FN3O2S3/c1-16-5-11-20(12-6-16)35-24-21(25(32)30-13-3-4-17(2)23(30)29-24)14-22-26(33)31(27(34)36-22)15-18-7-9-19(28)10-8-18/h3-14H,15H2,1-2H3/b22-14+. The first-order valence-electron chi connectivity index (χ1n) is 11.1. The number of halogens is 1. The maximum absolute atomic E-state index is 13.6. The quantitative estimate of drug-likeness (QED) is 0.178. The zero-order chi connectivity index (χ0) is 25.4. The number of thiocarbonyl (C=S) groups is 1. The average Bonchev–Trinajstić information content (AvgIpc) is 3.12. The average molecular weight is 534 g/mol. The minimum absolute atomic E-state index is 0.224. The third-order valence-electron chi connectivity index (χ3n) is 5.69. The van der Waals surface area contributed by atoms with Gasteiger partial charge in [0.2, 0.25) is 0 Å². The smallest absolute Gasteiger partial charge is 0.266 e. The van der Waals surface area contributed by atoms with E-state index in [0.717, 1.165) is 33.3 Å². The van der Waals surface area contributed by atoms with Gasteiger partial charge < -0.3 is 0 Å². The topological polar surface area (TPSA) is 54.7 Å². The van der Waals surface area contributed by atoms with Crippen LogP contribution in [0.1, 0.15) is 22.3 Å². The number of hydrogen-bond acceptors (Lipinski definition) is 6. The van der Waals surface area contributed by atoms with Crippen LogP contribution in [0.3, 0.4) is 0 Å². The molecule has 180 valence electrons. The van der Waals surface area contributed by atoms with E-state index in [2.05, 4.69) is 0 Å². The van der Waals surface area contributed by atoms with Gasteiger partial charge in [-0.3, -0.25) is 18.9 Å². The van der Waals surface area contributed by atoms with Crippen LogP contribution in [0.2, 0.25) is 0 Å². The van der Waals surface area contributed by atoms with Crippen LogP contribution in [0.4, 0.5) is 4.39 Å². The van der Waals surface area contributed by atoms with Crippen LogP contribution in [0, 0.1) is 19.7 Å². The number of pyridine rings is 1. The highest BCUT2D eigenvalue weighted by atomic mass is 32.2. The van der Waals surface area contributed by atoms with Crippen LogP contribution in [0.5, 0.6) is 0 Å². The molecule has 5 nitrogen and oxygen atoms in total. The van der Waals surface area contributed by atoms with Crippen molar-refractivity contribution in [1.29, 1.82) is 0 Å². The molecule has 0 spiro atoms. The highest BCUT2D eigenvalue weighted by Crippen LogP contribution is 2.36. The molecule has 0 bridgehead atoms. The lowest BCUT2D eigenvalue weighted by molar-refractivity contribution is -0.122. The maximum atomic E-state index is 13.6. The molecular weight excluding hydrogens is 514 g/mol. The van der Waals surface area contributed by atoms with Crippen molar-refractivity contribution in [1.82, 2.24) is 14.3 Å². The summed E-state index contributed by atoms with van der Waals surface area (Å²) in [6.07, 6.45) is 3.26. The van der Waals surface area contributed by atoms with Crippen LogP contribution in [0.25, 0.3) is 11.7 Å². The number of amides is 1. The molecule has 0 aliphatic carbocycles. The fourth-order valence-corrected chi connectivity index (χ4v) is 5.87. The van der Waals surface area contributed by atoms with Crippen molar-refractivity contribution in [3.05, 3.63) is 110 Å². The third-order valence-corrected chi connectivity index (χ3v) is 8.08. The molecule has 2 aromatic heterocycles. The summed E-state index contributed by atoms with van der Waals surface area (Å²) in [5, 5.41) is 0.516. The van der Waals surface area contributed by atoms with E-state index in [9.17, 15) is 14.0 Å². The minimum atomic E-state index is -0.345. The lowest BCUT2D eigenvalue weighted by Gasteiger charge is -2.14. The molecule has 4 aromatic rings. The summed E-state index contributed by atoms with van der Waals surface area (Å²) in [4.78, 5) is 34.4. The second kappa shape index (κ2) is 10.0. The summed E-state index contributed by atoms with van der Waals surface area (Å²) in [6, 6.07) is 17.6. The molecule has 1 aliphatic rings. The number of aromatic nitrogens is 2. The van der Waals surface area contributed by atoms with Gasteiger partial charge in [0.15, 0.2) is 0 Å². The van der Waals surface area contributed by atoms with Gasteiger partial charge in [-0.1, -0.05) is 71.6 Å². The third kappa shape index (κ3) is 4.86. The van der Waals surface area contributed by atoms with Gasteiger partial charge in [0.05, 0.1) is 17.0 Å². The van der Waals surface area contributed by atoms with E-state index in [1.807, 2.05) is 44.2 Å². The Labute approximate surface area is 221 Å². The zero-order valence-corrected chi connectivity index (χ0v) is 21.8. The summed E-state index contributed by atoms with van der Waals surface area (Å²) in [7, 11) is 0. The first kappa shape index (κ1) is 24.4. The van der Waals surface area contributed by atoms with Crippen LogP contribution < -0.4 is 5.56 Å². The Morgan fingerprint density at radius 3 is 2.50 bits per heavy atom. The molecule has 1 aliphatic heterocycles. The molecule has 0 radical (unpaired) electrons. The van der Waals surface area contributed by atoms with Gasteiger partial charge in [0, 0.05) is 11.1 Å². The Kier molecular flexibility index (Phi) is 6.79. The van der Waals surface area contributed by atoms with Crippen molar-refractivity contribution in [3.63, 3.8) is 0 Å². The number of nitrogens with zero attached hydrogens (tertiary/aromatic N) is 3. The van der Waals surface area contributed by atoms with Gasteiger partial charge in [0.1, 0.15) is 20.8 Å². The molecular formula is C27H20FN3O2S3. The molecule has 3 heterocycles. The largest absolute Gasteiger partial charge is 0.288 e. The lowest BCUT2D eigenvalue weighted by atomic mass is 10.2. The molecule has 5 rings (SSSR count). The van der Waals surface area contributed by atoms with Gasteiger partial charge >= 0.3 is 0 Å². The van der Waals surface area contributed by atoms with Gasteiger partial charge in [-0.2, -0.15) is 0 Å². The number of aryl methyl sites for hydroxylation is 2. The number of hydrogen-bond donors (Lipinski definition) is 0. The summed E-state index contributed by atoms with van der Waals surface area (Å²) in [5.41, 5.74) is 3.39. The minimum Gasteiger partial charge on any atom is -0.288 e. The van der Waals surface area contributed by atoms with E-state index in [0.29, 0.717) is 25.5 Å². The SMILES string of the molecule is Cc1ccc(Sc2nc3c(C)cccn3c(=O)c2/C=C2/SC(=S)N(Cc3ccc(F)cc3)C2=O)cc1.